The van der Waals surface area contributed by atoms with Crippen LogP contribution in [-0.4, -0.2) is 35.1 Å². The van der Waals surface area contributed by atoms with Gasteiger partial charge in [0.15, 0.2) is 5.82 Å². The van der Waals surface area contributed by atoms with Crippen molar-refractivity contribution in [3.63, 3.8) is 0 Å². The van der Waals surface area contributed by atoms with Gasteiger partial charge in [-0.3, -0.25) is 9.59 Å². The summed E-state index contributed by atoms with van der Waals surface area (Å²) < 4.78 is 1.70. The largest absolute Gasteiger partial charge is 0.356 e. The van der Waals surface area contributed by atoms with E-state index < -0.39 is 0 Å². The zero-order valence-corrected chi connectivity index (χ0v) is 14.1. The van der Waals surface area contributed by atoms with Crippen molar-refractivity contribution in [1.29, 1.82) is 0 Å². The fourth-order valence-corrected chi connectivity index (χ4v) is 3.21. The molecule has 0 saturated carbocycles. The number of hydrogen-bond donors (Lipinski definition) is 1. The van der Waals surface area contributed by atoms with Gasteiger partial charge in [0.2, 0.25) is 5.91 Å². The monoisotopic (exact) mass is 328 g/mol. The van der Waals surface area contributed by atoms with Crippen molar-refractivity contribution in [3.8, 4) is 0 Å². The average molecular weight is 328 g/mol. The maximum absolute atomic E-state index is 13.0. The van der Waals surface area contributed by atoms with Gasteiger partial charge in [-0.1, -0.05) is 12.1 Å². The Bertz CT molecular complexity index is 778. The molecule has 128 valence electrons. The van der Waals surface area contributed by atoms with Crippen molar-refractivity contribution in [2.75, 3.05) is 24.5 Å². The summed E-state index contributed by atoms with van der Waals surface area (Å²) in [7, 11) is 0. The fraction of sp³-hybridized carbons (Fsp3) is 0.500. The van der Waals surface area contributed by atoms with Crippen molar-refractivity contribution in [2.24, 2.45) is 0 Å². The molecule has 2 aromatic rings. The number of fused-ring (bicyclic) bond motifs is 1. The van der Waals surface area contributed by atoms with Crippen molar-refractivity contribution in [2.45, 2.75) is 39.2 Å². The average Bonchev–Trinajstić information content (AvgIpc) is 2.61. The van der Waals surface area contributed by atoms with Gasteiger partial charge in [-0.05, 0) is 38.3 Å². The minimum absolute atomic E-state index is 0.0372. The third-order valence-corrected chi connectivity index (χ3v) is 4.43. The number of nitrogens with one attached hydrogen (secondary N) is 1. The summed E-state index contributed by atoms with van der Waals surface area (Å²) in [6.45, 7) is 4.60. The summed E-state index contributed by atoms with van der Waals surface area (Å²) >= 11 is 0. The van der Waals surface area contributed by atoms with Crippen molar-refractivity contribution in [1.82, 2.24) is 14.9 Å². The molecule has 1 aromatic carbocycles. The number of aromatic nitrogens is 2. The van der Waals surface area contributed by atoms with Crippen LogP contribution in [-0.2, 0) is 11.3 Å². The molecule has 3 rings (SSSR count). The van der Waals surface area contributed by atoms with E-state index in [9.17, 15) is 9.59 Å². The van der Waals surface area contributed by atoms with Crippen molar-refractivity contribution in [3.05, 3.63) is 34.6 Å². The van der Waals surface area contributed by atoms with E-state index in [4.69, 9.17) is 0 Å². The Labute approximate surface area is 141 Å². The molecule has 2 heterocycles. The fourth-order valence-electron chi connectivity index (χ4n) is 3.21. The van der Waals surface area contributed by atoms with Crippen LogP contribution in [0.3, 0.4) is 0 Å². The molecule has 1 amide bonds. The number of hydrogen-bond acceptors (Lipinski definition) is 4. The number of carbonyl (C=O) groups excluding carboxylic acids is 1. The molecule has 0 atom stereocenters. The molecule has 0 radical (unpaired) electrons. The Kier molecular flexibility index (Phi) is 5.13. The van der Waals surface area contributed by atoms with E-state index in [1.165, 1.54) is 6.42 Å². The van der Waals surface area contributed by atoms with Gasteiger partial charge in [0, 0.05) is 32.6 Å². The van der Waals surface area contributed by atoms with E-state index >= 15 is 0 Å². The van der Waals surface area contributed by atoms with E-state index in [2.05, 4.69) is 15.2 Å². The first kappa shape index (κ1) is 16.5. The van der Waals surface area contributed by atoms with Crippen LogP contribution in [0.2, 0.25) is 0 Å². The Morgan fingerprint density at radius 1 is 1.21 bits per heavy atom. The van der Waals surface area contributed by atoms with E-state index in [0.29, 0.717) is 25.3 Å². The lowest BCUT2D eigenvalue weighted by Crippen LogP contribution is -2.37. The number of nitrogens with zero attached hydrogens (tertiary/aromatic N) is 3. The molecule has 6 heteroatoms. The highest BCUT2D eigenvalue weighted by molar-refractivity contribution is 5.78. The molecule has 1 aliphatic rings. The zero-order valence-electron chi connectivity index (χ0n) is 14.1. The topological polar surface area (TPSA) is 67.2 Å². The molecule has 0 unspecified atom stereocenters. The number of para-hydroxylation sites is 2. The van der Waals surface area contributed by atoms with Crippen LogP contribution < -0.4 is 15.8 Å². The second-order valence-electron chi connectivity index (χ2n) is 6.13. The minimum Gasteiger partial charge on any atom is -0.356 e. The van der Waals surface area contributed by atoms with Crippen LogP contribution in [0.5, 0.6) is 0 Å². The molecule has 1 aromatic heterocycles. The second kappa shape index (κ2) is 7.47. The zero-order chi connectivity index (χ0) is 16.9. The highest BCUT2D eigenvalue weighted by atomic mass is 16.2. The molecular weight excluding hydrogens is 304 g/mol. The molecule has 0 aliphatic carbocycles. The minimum atomic E-state index is -0.0973. The Hall–Kier alpha value is -2.37. The summed E-state index contributed by atoms with van der Waals surface area (Å²) in [5.74, 6) is 0.481. The Morgan fingerprint density at radius 3 is 2.71 bits per heavy atom. The number of carbonyl (C=O) groups is 1. The molecule has 0 spiro atoms. The van der Waals surface area contributed by atoms with Gasteiger partial charge in [-0.25, -0.2) is 4.98 Å². The normalized spacial score (nSPS) is 14.8. The van der Waals surface area contributed by atoms with Crippen LogP contribution in [0.4, 0.5) is 5.82 Å². The molecule has 0 bridgehead atoms. The lowest BCUT2D eigenvalue weighted by Gasteiger charge is -2.27. The highest BCUT2D eigenvalue weighted by Crippen LogP contribution is 2.18. The van der Waals surface area contributed by atoms with Crippen LogP contribution >= 0.6 is 0 Å². The van der Waals surface area contributed by atoms with Gasteiger partial charge in [0.25, 0.3) is 5.56 Å². The first-order valence-electron chi connectivity index (χ1n) is 8.72. The van der Waals surface area contributed by atoms with Crippen LogP contribution in [0.15, 0.2) is 29.1 Å². The van der Waals surface area contributed by atoms with E-state index in [1.54, 1.807) is 4.57 Å². The van der Waals surface area contributed by atoms with Crippen molar-refractivity contribution < 1.29 is 4.79 Å². The van der Waals surface area contributed by atoms with Crippen LogP contribution in [0.25, 0.3) is 11.0 Å². The quantitative estimate of drug-likeness (QED) is 0.910. The molecular formula is C18H24N4O2. The second-order valence-corrected chi connectivity index (χ2v) is 6.13. The summed E-state index contributed by atoms with van der Waals surface area (Å²) in [6, 6.07) is 7.63. The highest BCUT2D eigenvalue weighted by Gasteiger charge is 2.19. The number of aryl methyl sites for hydroxylation is 1. The number of anilines is 1. The first-order valence-corrected chi connectivity index (χ1v) is 8.72. The van der Waals surface area contributed by atoms with Crippen molar-refractivity contribution >= 4 is 22.8 Å². The molecule has 1 fully saturated rings. The van der Waals surface area contributed by atoms with Gasteiger partial charge in [-0.15, -0.1) is 0 Å². The molecule has 24 heavy (non-hydrogen) atoms. The number of amides is 1. The molecule has 1 N–H and O–H groups in total. The van der Waals surface area contributed by atoms with Gasteiger partial charge >= 0.3 is 0 Å². The van der Waals surface area contributed by atoms with Gasteiger partial charge < -0.3 is 14.8 Å². The third-order valence-electron chi connectivity index (χ3n) is 4.43. The van der Waals surface area contributed by atoms with Gasteiger partial charge in [-0.2, -0.15) is 0 Å². The summed E-state index contributed by atoms with van der Waals surface area (Å²) in [4.78, 5) is 31.5. The van der Waals surface area contributed by atoms with Crippen LogP contribution in [0, 0.1) is 0 Å². The number of piperidine rings is 1. The van der Waals surface area contributed by atoms with Gasteiger partial charge in [0.05, 0.1) is 11.0 Å². The van der Waals surface area contributed by atoms with E-state index in [-0.39, 0.29) is 11.5 Å². The first-order chi connectivity index (χ1) is 11.7. The summed E-state index contributed by atoms with van der Waals surface area (Å²) in [6.07, 6.45) is 3.68. The third kappa shape index (κ3) is 3.42. The molecule has 6 nitrogen and oxygen atoms in total. The van der Waals surface area contributed by atoms with E-state index in [0.717, 1.165) is 37.0 Å². The maximum Gasteiger partial charge on any atom is 0.294 e. The summed E-state index contributed by atoms with van der Waals surface area (Å²) in [5, 5.41) is 2.78. The predicted molar refractivity (Wildman–Crippen MR) is 95.4 cm³/mol. The summed E-state index contributed by atoms with van der Waals surface area (Å²) in [5.41, 5.74) is 1.49. The predicted octanol–water partition coefficient (Wildman–Crippen LogP) is 1.91. The van der Waals surface area contributed by atoms with Crippen LogP contribution in [0.1, 0.15) is 32.6 Å². The lowest BCUT2D eigenvalue weighted by atomic mass is 10.1. The molecule has 1 aliphatic heterocycles. The smallest absolute Gasteiger partial charge is 0.294 e. The molecule has 1 saturated heterocycles. The standard InChI is InChI=1S/C18H24N4O2/c1-2-19-16(23)10-13-22-15-9-5-4-8-14(15)20-17(18(22)24)21-11-6-3-7-12-21/h4-5,8-9H,2-3,6-7,10-13H2,1H3,(H,19,23). The number of benzene rings is 1. The SMILES string of the molecule is CCNC(=O)CCn1c(=O)c(N2CCCCC2)nc2ccccc21. The maximum atomic E-state index is 13.0. The number of rotatable bonds is 5. The van der Waals surface area contributed by atoms with Gasteiger partial charge in [0.1, 0.15) is 0 Å². The van der Waals surface area contributed by atoms with E-state index in [1.807, 2.05) is 31.2 Å². The Balaban J connectivity index is 1.99. The lowest BCUT2D eigenvalue weighted by molar-refractivity contribution is -0.121. The Morgan fingerprint density at radius 2 is 1.96 bits per heavy atom.